The first-order valence-corrected chi connectivity index (χ1v) is 10.6. The maximum Gasteiger partial charge on any atom is 0.266 e. The first kappa shape index (κ1) is 20.7. The molecule has 1 amide bonds. The Bertz CT molecular complexity index is 1290. The van der Waals surface area contributed by atoms with E-state index in [0.717, 1.165) is 0 Å². The van der Waals surface area contributed by atoms with Crippen LogP contribution in [0.3, 0.4) is 0 Å². The lowest BCUT2D eigenvalue weighted by molar-refractivity contribution is -0.115. The molecule has 4 aromatic rings. The van der Waals surface area contributed by atoms with Gasteiger partial charge in [0.05, 0.1) is 29.0 Å². The summed E-state index contributed by atoms with van der Waals surface area (Å²) in [5.74, 6) is 0.465. The molecule has 0 saturated heterocycles. The zero-order valence-corrected chi connectivity index (χ0v) is 17.9. The summed E-state index contributed by atoms with van der Waals surface area (Å²) in [4.78, 5) is 30.8. The molecule has 1 N–H and O–H groups in total. The minimum atomic E-state index is -0.491. The van der Waals surface area contributed by atoms with Crippen LogP contribution >= 0.6 is 11.8 Å². The summed E-state index contributed by atoms with van der Waals surface area (Å²) in [6.45, 7) is 1.79. The molecule has 7 heteroatoms. The Labute approximate surface area is 183 Å². The van der Waals surface area contributed by atoms with E-state index in [-0.39, 0.29) is 11.5 Å². The molecule has 0 radical (unpaired) electrons. The number of ether oxygens (including phenoxy) is 1. The molecule has 0 spiro atoms. The molecule has 156 valence electrons. The quantitative estimate of drug-likeness (QED) is 0.359. The van der Waals surface area contributed by atoms with Crippen molar-refractivity contribution in [2.45, 2.75) is 17.3 Å². The van der Waals surface area contributed by atoms with Gasteiger partial charge in [-0.05, 0) is 43.3 Å². The average molecular weight is 432 g/mol. The number of nitrogens with one attached hydrogen (secondary N) is 1. The number of hydrogen-bond donors (Lipinski definition) is 1. The van der Waals surface area contributed by atoms with E-state index >= 15 is 0 Å². The third-order valence-electron chi connectivity index (χ3n) is 4.75. The molecule has 0 aliphatic heterocycles. The molecule has 6 nitrogen and oxygen atoms in total. The van der Waals surface area contributed by atoms with Crippen molar-refractivity contribution in [2.24, 2.45) is 0 Å². The van der Waals surface area contributed by atoms with Crippen LogP contribution in [-0.2, 0) is 4.79 Å². The van der Waals surface area contributed by atoms with Gasteiger partial charge in [-0.1, -0.05) is 48.2 Å². The number of para-hydroxylation sites is 2. The van der Waals surface area contributed by atoms with Crippen molar-refractivity contribution in [3.05, 3.63) is 89.2 Å². The number of aromatic nitrogens is 2. The SMILES string of the molecule is COc1cccc(NC(=O)C(C)Sc2nc3ccccc3c(=O)n2-c2ccccc2)c1. The van der Waals surface area contributed by atoms with Gasteiger partial charge in [-0.3, -0.25) is 14.2 Å². The summed E-state index contributed by atoms with van der Waals surface area (Å²) in [6.07, 6.45) is 0. The third-order valence-corrected chi connectivity index (χ3v) is 5.80. The fraction of sp³-hybridized carbons (Fsp3) is 0.125. The van der Waals surface area contributed by atoms with Crippen LogP contribution < -0.4 is 15.6 Å². The Kier molecular flexibility index (Phi) is 6.04. The van der Waals surface area contributed by atoms with Gasteiger partial charge in [0.1, 0.15) is 5.75 Å². The third kappa shape index (κ3) is 4.46. The van der Waals surface area contributed by atoms with E-state index in [1.54, 1.807) is 42.9 Å². The maximum atomic E-state index is 13.3. The van der Waals surface area contributed by atoms with E-state index < -0.39 is 5.25 Å². The highest BCUT2D eigenvalue weighted by Gasteiger charge is 2.20. The maximum absolute atomic E-state index is 13.3. The Hall–Kier alpha value is -3.58. The number of carbonyl (C=O) groups is 1. The first-order valence-electron chi connectivity index (χ1n) is 9.75. The standard InChI is InChI=1S/C24H21N3O3S/c1-16(22(28)25-17-9-8-12-19(15-17)30-2)31-24-26-21-14-7-6-13-20(21)23(29)27(24)18-10-4-3-5-11-18/h3-16H,1-2H3,(H,25,28). The van der Waals surface area contributed by atoms with Gasteiger partial charge in [0.25, 0.3) is 5.56 Å². The molecule has 1 heterocycles. The second-order valence-corrected chi connectivity index (χ2v) is 8.18. The average Bonchev–Trinajstić information content (AvgIpc) is 2.80. The predicted molar refractivity (Wildman–Crippen MR) is 124 cm³/mol. The van der Waals surface area contributed by atoms with Gasteiger partial charge >= 0.3 is 0 Å². The van der Waals surface area contributed by atoms with E-state index in [4.69, 9.17) is 9.72 Å². The van der Waals surface area contributed by atoms with Crippen LogP contribution in [-0.4, -0.2) is 27.8 Å². The zero-order chi connectivity index (χ0) is 21.8. The Balaban J connectivity index is 1.68. The Morgan fingerprint density at radius 3 is 2.55 bits per heavy atom. The van der Waals surface area contributed by atoms with Gasteiger partial charge < -0.3 is 10.1 Å². The highest BCUT2D eigenvalue weighted by molar-refractivity contribution is 8.00. The second-order valence-electron chi connectivity index (χ2n) is 6.87. The molecule has 4 rings (SSSR count). The van der Waals surface area contributed by atoms with Gasteiger partial charge in [-0.15, -0.1) is 0 Å². The molecule has 3 aromatic carbocycles. The molecule has 31 heavy (non-hydrogen) atoms. The van der Waals surface area contributed by atoms with Crippen molar-refractivity contribution < 1.29 is 9.53 Å². The number of rotatable bonds is 6. The number of hydrogen-bond acceptors (Lipinski definition) is 5. The minimum Gasteiger partial charge on any atom is -0.497 e. The lowest BCUT2D eigenvalue weighted by Gasteiger charge is -2.16. The topological polar surface area (TPSA) is 73.2 Å². The molecular formula is C24H21N3O3S. The van der Waals surface area contributed by atoms with E-state index in [0.29, 0.717) is 33.2 Å². The molecule has 1 aromatic heterocycles. The monoisotopic (exact) mass is 431 g/mol. The molecule has 1 atom stereocenters. The van der Waals surface area contributed by atoms with E-state index in [2.05, 4.69) is 5.32 Å². The number of amides is 1. The van der Waals surface area contributed by atoms with E-state index in [1.165, 1.54) is 11.8 Å². The van der Waals surface area contributed by atoms with Gasteiger partial charge in [-0.25, -0.2) is 4.98 Å². The van der Waals surface area contributed by atoms with E-state index in [1.807, 2.05) is 54.6 Å². The highest BCUT2D eigenvalue weighted by Crippen LogP contribution is 2.26. The van der Waals surface area contributed by atoms with Crippen molar-refractivity contribution in [3.63, 3.8) is 0 Å². The van der Waals surface area contributed by atoms with Crippen molar-refractivity contribution in [1.29, 1.82) is 0 Å². The van der Waals surface area contributed by atoms with Gasteiger partial charge in [0, 0.05) is 11.8 Å². The Morgan fingerprint density at radius 2 is 1.77 bits per heavy atom. The fourth-order valence-electron chi connectivity index (χ4n) is 3.15. The predicted octanol–water partition coefficient (Wildman–Crippen LogP) is 4.51. The number of methoxy groups -OCH3 is 1. The number of carbonyl (C=O) groups excluding carboxylic acids is 1. The summed E-state index contributed by atoms with van der Waals surface area (Å²) >= 11 is 1.24. The highest BCUT2D eigenvalue weighted by atomic mass is 32.2. The lowest BCUT2D eigenvalue weighted by atomic mass is 10.2. The molecule has 0 saturated carbocycles. The largest absolute Gasteiger partial charge is 0.497 e. The zero-order valence-electron chi connectivity index (χ0n) is 17.1. The number of nitrogens with zero attached hydrogens (tertiary/aromatic N) is 2. The molecule has 0 aliphatic rings. The minimum absolute atomic E-state index is 0.167. The van der Waals surface area contributed by atoms with Crippen molar-refractivity contribution in [1.82, 2.24) is 9.55 Å². The van der Waals surface area contributed by atoms with Crippen LogP contribution in [0, 0.1) is 0 Å². The fourth-order valence-corrected chi connectivity index (χ4v) is 4.08. The lowest BCUT2D eigenvalue weighted by Crippen LogP contribution is -2.26. The van der Waals surface area contributed by atoms with Gasteiger partial charge in [-0.2, -0.15) is 0 Å². The summed E-state index contributed by atoms with van der Waals surface area (Å²) in [6, 6.07) is 23.7. The smallest absolute Gasteiger partial charge is 0.266 e. The number of thioether (sulfide) groups is 1. The summed E-state index contributed by atoms with van der Waals surface area (Å²) in [5.41, 5.74) is 1.78. The molecule has 0 fully saturated rings. The molecule has 0 bridgehead atoms. The van der Waals surface area contributed by atoms with Crippen molar-refractivity contribution in [2.75, 3.05) is 12.4 Å². The number of anilines is 1. The van der Waals surface area contributed by atoms with Crippen LogP contribution in [0.2, 0.25) is 0 Å². The van der Waals surface area contributed by atoms with Crippen LogP contribution in [0.4, 0.5) is 5.69 Å². The van der Waals surface area contributed by atoms with Crippen LogP contribution in [0.5, 0.6) is 5.75 Å². The van der Waals surface area contributed by atoms with Gasteiger partial charge in [0.15, 0.2) is 5.16 Å². The molecule has 0 aliphatic carbocycles. The van der Waals surface area contributed by atoms with Gasteiger partial charge in [0.2, 0.25) is 5.91 Å². The van der Waals surface area contributed by atoms with Crippen molar-refractivity contribution in [3.8, 4) is 11.4 Å². The summed E-state index contributed by atoms with van der Waals surface area (Å²) in [5, 5.41) is 3.39. The number of fused-ring (bicyclic) bond motifs is 1. The summed E-state index contributed by atoms with van der Waals surface area (Å²) in [7, 11) is 1.58. The van der Waals surface area contributed by atoms with Crippen LogP contribution in [0.1, 0.15) is 6.92 Å². The molecule has 1 unspecified atom stereocenters. The van der Waals surface area contributed by atoms with Crippen molar-refractivity contribution >= 4 is 34.3 Å². The van der Waals surface area contributed by atoms with Crippen LogP contribution in [0.25, 0.3) is 16.6 Å². The normalized spacial score (nSPS) is 11.8. The van der Waals surface area contributed by atoms with Crippen LogP contribution in [0.15, 0.2) is 88.8 Å². The van der Waals surface area contributed by atoms with E-state index in [9.17, 15) is 9.59 Å². The first-order chi connectivity index (χ1) is 15.1. The number of benzene rings is 3. The Morgan fingerprint density at radius 1 is 1.03 bits per heavy atom. The summed E-state index contributed by atoms with van der Waals surface area (Å²) < 4.78 is 6.76. The molecular weight excluding hydrogens is 410 g/mol. The second kappa shape index (κ2) is 9.06.